The summed E-state index contributed by atoms with van der Waals surface area (Å²) in [6.45, 7) is 8.86. The lowest BCUT2D eigenvalue weighted by atomic mass is 9.96. The molecular formula is C16H22N4O2S. The molecule has 0 saturated carbocycles. The zero-order chi connectivity index (χ0) is 16.9. The van der Waals surface area contributed by atoms with Gasteiger partial charge in [-0.15, -0.1) is 0 Å². The van der Waals surface area contributed by atoms with E-state index in [2.05, 4.69) is 40.8 Å². The van der Waals surface area contributed by atoms with Gasteiger partial charge in [0.05, 0.1) is 6.54 Å². The third-order valence-electron chi connectivity index (χ3n) is 2.90. The van der Waals surface area contributed by atoms with Crippen LogP contribution in [0.25, 0.3) is 0 Å². The van der Waals surface area contributed by atoms with Crippen molar-refractivity contribution in [1.29, 1.82) is 0 Å². The molecule has 124 valence electrons. The standard InChI is InChI=1S/C16H22N4O2S/c1-11(21)18-12-6-5-7-13(10-12)22-9-8-17-15-19-14(20-23-15)16(2,3)4/h5-7,10H,8-9H2,1-4H3,(H,18,21)(H,17,19,20). The van der Waals surface area contributed by atoms with Gasteiger partial charge in [0.1, 0.15) is 18.2 Å². The smallest absolute Gasteiger partial charge is 0.221 e. The predicted octanol–water partition coefficient (Wildman–Crippen LogP) is 3.28. The highest BCUT2D eigenvalue weighted by Gasteiger charge is 2.19. The van der Waals surface area contributed by atoms with E-state index in [1.807, 2.05) is 18.2 Å². The van der Waals surface area contributed by atoms with Gasteiger partial charge in [0.15, 0.2) is 0 Å². The fourth-order valence-corrected chi connectivity index (χ4v) is 2.58. The molecule has 0 fully saturated rings. The molecule has 0 atom stereocenters. The van der Waals surface area contributed by atoms with Crippen molar-refractivity contribution in [3.63, 3.8) is 0 Å². The SMILES string of the molecule is CC(=O)Nc1cccc(OCCNc2nc(C(C)(C)C)ns2)c1. The van der Waals surface area contributed by atoms with E-state index in [0.29, 0.717) is 18.9 Å². The Balaban J connectivity index is 1.79. The van der Waals surface area contributed by atoms with E-state index in [-0.39, 0.29) is 11.3 Å². The number of carbonyl (C=O) groups excluding carboxylic acids is 1. The van der Waals surface area contributed by atoms with Gasteiger partial charge in [-0.25, -0.2) is 4.98 Å². The second-order valence-corrected chi connectivity index (χ2v) is 6.91. The summed E-state index contributed by atoms with van der Waals surface area (Å²) in [6, 6.07) is 7.31. The second-order valence-electron chi connectivity index (χ2n) is 6.16. The van der Waals surface area contributed by atoms with Crippen LogP contribution in [0.4, 0.5) is 10.8 Å². The molecule has 23 heavy (non-hydrogen) atoms. The molecule has 2 aromatic rings. The van der Waals surface area contributed by atoms with Crippen molar-refractivity contribution in [2.45, 2.75) is 33.1 Å². The minimum absolute atomic E-state index is 0.0446. The number of ether oxygens (including phenoxy) is 1. The number of hydrogen-bond donors (Lipinski definition) is 2. The Morgan fingerprint density at radius 3 is 2.78 bits per heavy atom. The highest BCUT2D eigenvalue weighted by molar-refractivity contribution is 7.09. The molecule has 0 aliphatic rings. The van der Waals surface area contributed by atoms with E-state index < -0.39 is 0 Å². The summed E-state index contributed by atoms with van der Waals surface area (Å²) in [5, 5.41) is 6.73. The first-order valence-electron chi connectivity index (χ1n) is 7.43. The lowest BCUT2D eigenvalue weighted by Crippen LogP contribution is -2.14. The van der Waals surface area contributed by atoms with Gasteiger partial charge in [-0.1, -0.05) is 26.8 Å². The maximum Gasteiger partial charge on any atom is 0.221 e. The van der Waals surface area contributed by atoms with Gasteiger partial charge < -0.3 is 15.4 Å². The Morgan fingerprint density at radius 1 is 1.35 bits per heavy atom. The minimum Gasteiger partial charge on any atom is -0.492 e. The number of nitrogens with one attached hydrogen (secondary N) is 2. The predicted molar refractivity (Wildman–Crippen MR) is 93.3 cm³/mol. The summed E-state index contributed by atoms with van der Waals surface area (Å²) < 4.78 is 10.0. The molecule has 0 aliphatic heterocycles. The Hall–Kier alpha value is -2.15. The van der Waals surface area contributed by atoms with Crippen molar-refractivity contribution in [3.8, 4) is 5.75 Å². The van der Waals surface area contributed by atoms with Crippen LogP contribution in [0.15, 0.2) is 24.3 Å². The van der Waals surface area contributed by atoms with Crippen LogP contribution < -0.4 is 15.4 Å². The highest BCUT2D eigenvalue weighted by Crippen LogP contribution is 2.22. The molecule has 1 heterocycles. The molecule has 2 N–H and O–H groups in total. The summed E-state index contributed by atoms with van der Waals surface area (Å²) in [4.78, 5) is 15.5. The Kier molecular flexibility index (Phi) is 5.54. The Morgan fingerprint density at radius 2 is 2.13 bits per heavy atom. The fraction of sp³-hybridized carbons (Fsp3) is 0.438. The van der Waals surface area contributed by atoms with Gasteiger partial charge in [0, 0.05) is 35.6 Å². The Labute approximate surface area is 140 Å². The van der Waals surface area contributed by atoms with E-state index in [1.54, 1.807) is 6.07 Å². The first-order valence-corrected chi connectivity index (χ1v) is 8.20. The highest BCUT2D eigenvalue weighted by atomic mass is 32.1. The van der Waals surface area contributed by atoms with Crippen molar-refractivity contribution >= 4 is 28.3 Å². The molecule has 0 saturated heterocycles. The number of nitrogens with zero attached hydrogens (tertiary/aromatic N) is 2. The quantitative estimate of drug-likeness (QED) is 0.793. The first-order chi connectivity index (χ1) is 10.8. The molecule has 0 unspecified atom stereocenters. The molecule has 0 bridgehead atoms. The van der Waals surface area contributed by atoms with Crippen molar-refractivity contribution < 1.29 is 9.53 Å². The van der Waals surface area contributed by atoms with Gasteiger partial charge in [-0.2, -0.15) is 4.37 Å². The lowest BCUT2D eigenvalue weighted by molar-refractivity contribution is -0.114. The summed E-state index contributed by atoms with van der Waals surface area (Å²) in [6.07, 6.45) is 0. The molecule has 6 nitrogen and oxygen atoms in total. The largest absolute Gasteiger partial charge is 0.492 e. The molecule has 2 rings (SSSR count). The van der Waals surface area contributed by atoms with Crippen molar-refractivity contribution in [3.05, 3.63) is 30.1 Å². The van der Waals surface area contributed by atoms with Crippen LogP contribution in [0.1, 0.15) is 33.5 Å². The molecule has 0 spiro atoms. The van der Waals surface area contributed by atoms with Crippen LogP contribution in [0.2, 0.25) is 0 Å². The van der Waals surface area contributed by atoms with Crippen molar-refractivity contribution in [1.82, 2.24) is 9.36 Å². The molecule has 0 radical (unpaired) electrons. The van der Waals surface area contributed by atoms with Crippen LogP contribution in [0.5, 0.6) is 5.75 Å². The van der Waals surface area contributed by atoms with Gasteiger partial charge in [0.2, 0.25) is 11.0 Å². The lowest BCUT2D eigenvalue weighted by Gasteiger charge is -2.12. The zero-order valence-corrected chi connectivity index (χ0v) is 14.7. The van der Waals surface area contributed by atoms with E-state index in [0.717, 1.165) is 16.6 Å². The van der Waals surface area contributed by atoms with Gasteiger partial charge >= 0.3 is 0 Å². The number of hydrogen-bond acceptors (Lipinski definition) is 6. The number of benzene rings is 1. The van der Waals surface area contributed by atoms with Gasteiger partial charge in [-0.05, 0) is 12.1 Å². The van der Waals surface area contributed by atoms with Gasteiger partial charge in [-0.3, -0.25) is 4.79 Å². The minimum atomic E-state index is -0.102. The second kappa shape index (κ2) is 7.41. The molecule has 1 aromatic carbocycles. The first kappa shape index (κ1) is 17.2. The third-order valence-corrected chi connectivity index (χ3v) is 3.57. The number of rotatable bonds is 6. The van der Waals surface area contributed by atoms with Crippen molar-refractivity contribution in [2.24, 2.45) is 0 Å². The molecule has 1 amide bonds. The summed E-state index contributed by atoms with van der Waals surface area (Å²) in [5.74, 6) is 1.45. The summed E-state index contributed by atoms with van der Waals surface area (Å²) >= 11 is 1.36. The number of amides is 1. The van der Waals surface area contributed by atoms with Crippen LogP contribution in [-0.2, 0) is 10.2 Å². The normalized spacial score (nSPS) is 11.1. The summed E-state index contributed by atoms with van der Waals surface area (Å²) in [5.41, 5.74) is 0.679. The zero-order valence-electron chi connectivity index (χ0n) is 13.8. The maximum atomic E-state index is 11.0. The average molecular weight is 334 g/mol. The molecule has 1 aromatic heterocycles. The average Bonchev–Trinajstić information content (AvgIpc) is 2.92. The number of aromatic nitrogens is 2. The van der Waals surface area contributed by atoms with Crippen LogP contribution in [-0.4, -0.2) is 28.4 Å². The van der Waals surface area contributed by atoms with E-state index in [9.17, 15) is 4.79 Å². The fourth-order valence-electron chi connectivity index (χ4n) is 1.79. The van der Waals surface area contributed by atoms with Gasteiger partial charge in [0.25, 0.3) is 0 Å². The van der Waals surface area contributed by atoms with Crippen LogP contribution in [0, 0.1) is 0 Å². The van der Waals surface area contributed by atoms with Crippen LogP contribution in [0.3, 0.4) is 0 Å². The van der Waals surface area contributed by atoms with Crippen LogP contribution >= 0.6 is 11.5 Å². The third kappa shape index (κ3) is 5.52. The van der Waals surface area contributed by atoms with E-state index in [1.165, 1.54) is 18.5 Å². The Bertz CT molecular complexity index is 664. The maximum absolute atomic E-state index is 11.0. The monoisotopic (exact) mass is 334 g/mol. The number of anilines is 2. The molecule has 0 aliphatic carbocycles. The molecular weight excluding hydrogens is 312 g/mol. The number of carbonyl (C=O) groups is 1. The summed E-state index contributed by atoms with van der Waals surface area (Å²) in [7, 11) is 0. The van der Waals surface area contributed by atoms with Crippen molar-refractivity contribution in [2.75, 3.05) is 23.8 Å². The topological polar surface area (TPSA) is 76.1 Å². The van der Waals surface area contributed by atoms with E-state index in [4.69, 9.17) is 4.74 Å². The van der Waals surface area contributed by atoms with E-state index >= 15 is 0 Å². The molecule has 7 heteroatoms.